The zero-order chi connectivity index (χ0) is 18.9. The van der Waals surface area contributed by atoms with Crippen molar-refractivity contribution in [1.29, 1.82) is 0 Å². The van der Waals surface area contributed by atoms with Crippen LogP contribution in [0.1, 0.15) is 49.3 Å². The molecule has 0 radical (unpaired) electrons. The Labute approximate surface area is 177 Å². The first kappa shape index (κ1) is 23.3. The molecule has 2 aromatic rings. The second kappa shape index (κ2) is 11.9. The fourth-order valence-corrected chi connectivity index (χ4v) is 2.19. The number of ether oxygens (including phenoxy) is 1. The maximum absolute atomic E-state index is 5.36. The van der Waals surface area contributed by atoms with Gasteiger partial charge in [0.05, 0.1) is 12.2 Å². The molecule has 0 unspecified atom stereocenters. The van der Waals surface area contributed by atoms with Gasteiger partial charge in [-0.2, -0.15) is 0 Å². The normalized spacial score (nSPS) is 11.6. The summed E-state index contributed by atoms with van der Waals surface area (Å²) in [6.45, 7) is 8.48. The fourth-order valence-electron chi connectivity index (χ4n) is 2.19. The molecule has 0 aliphatic carbocycles. The van der Waals surface area contributed by atoms with E-state index in [-0.39, 0.29) is 24.0 Å². The lowest BCUT2D eigenvalue weighted by Crippen LogP contribution is -2.37. The first-order chi connectivity index (χ1) is 12.5. The van der Waals surface area contributed by atoms with Gasteiger partial charge in [0, 0.05) is 33.4 Å². The van der Waals surface area contributed by atoms with Crippen molar-refractivity contribution in [2.45, 2.75) is 46.2 Å². The Bertz CT molecular complexity index is 712. The highest BCUT2D eigenvalue weighted by atomic mass is 127. The van der Waals surface area contributed by atoms with Crippen molar-refractivity contribution in [3.8, 4) is 0 Å². The highest BCUT2D eigenvalue weighted by Gasteiger charge is 2.09. The van der Waals surface area contributed by atoms with Crippen LogP contribution >= 0.6 is 24.0 Å². The summed E-state index contributed by atoms with van der Waals surface area (Å²) >= 11 is 0. The van der Waals surface area contributed by atoms with Crippen molar-refractivity contribution in [3.05, 3.63) is 29.2 Å². The van der Waals surface area contributed by atoms with Gasteiger partial charge in [0.1, 0.15) is 12.4 Å². The standard InChI is InChI=1S/C17H29N7O2.HI/c1-12(2)15-9-14(26-23-15)10-19-17(18-7-6-8-25-5)20-11-16-22-21-13(3)24(16)4;/h9,12H,6-8,10-11H2,1-5H3,(H2,18,19,20);1H. The topological polar surface area (TPSA) is 102 Å². The van der Waals surface area contributed by atoms with Gasteiger partial charge in [-0.25, -0.2) is 4.99 Å². The fraction of sp³-hybridized carbons (Fsp3) is 0.647. The molecule has 0 saturated heterocycles. The second-order valence-electron chi connectivity index (χ2n) is 6.39. The molecule has 2 rings (SSSR count). The molecule has 0 aromatic carbocycles. The van der Waals surface area contributed by atoms with Gasteiger partial charge >= 0.3 is 0 Å². The van der Waals surface area contributed by atoms with Crippen molar-refractivity contribution in [2.75, 3.05) is 20.3 Å². The molecule has 0 aliphatic rings. The number of nitrogens with zero attached hydrogens (tertiary/aromatic N) is 5. The number of nitrogens with one attached hydrogen (secondary N) is 2. The van der Waals surface area contributed by atoms with E-state index < -0.39 is 0 Å². The Morgan fingerprint density at radius 2 is 2.11 bits per heavy atom. The third kappa shape index (κ3) is 7.45. The summed E-state index contributed by atoms with van der Waals surface area (Å²) < 4.78 is 12.4. The minimum absolute atomic E-state index is 0. The molecule has 10 heteroatoms. The highest BCUT2D eigenvalue weighted by molar-refractivity contribution is 14.0. The molecule has 0 fully saturated rings. The molecule has 152 valence electrons. The minimum Gasteiger partial charge on any atom is -0.385 e. The number of halogens is 1. The minimum atomic E-state index is 0. The van der Waals surface area contributed by atoms with Gasteiger partial charge in [-0.05, 0) is 19.3 Å². The zero-order valence-corrected chi connectivity index (χ0v) is 19.0. The molecule has 0 atom stereocenters. The molecule has 2 aromatic heterocycles. The Morgan fingerprint density at radius 1 is 1.33 bits per heavy atom. The van der Waals surface area contributed by atoms with Crippen LogP contribution in [-0.4, -0.2) is 46.1 Å². The van der Waals surface area contributed by atoms with Crippen LogP contribution in [0.15, 0.2) is 15.6 Å². The van der Waals surface area contributed by atoms with E-state index in [2.05, 4.69) is 44.8 Å². The van der Waals surface area contributed by atoms with Crippen molar-refractivity contribution in [2.24, 2.45) is 12.0 Å². The molecular weight excluding hydrogens is 461 g/mol. The van der Waals surface area contributed by atoms with E-state index in [1.165, 1.54) is 0 Å². The SMILES string of the molecule is COCCCNC(=NCc1nnc(C)n1C)NCc1cc(C(C)C)no1.I. The van der Waals surface area contributed by atoms with Gasteiger partial charge in [-0.3, -0.25) is 0 Å². The number of hydrogen-bond acceptors (Lipinski definition) is 6. The van der Waals surface area contributed by atoms with Gasteiger partial charge in [-0.1, -0.05) is 19.0 Å². The van der Waals surface area contributed by atoms with Crippen LogP contribution < -0.4 is 10.6 Å². The van der Waals surface area contributed by atoms with Gasteiger partial charge in [0.25, 0.3) is 0 Å². The molecule has 0 aliphatic heterocycles. The number of rotatable bonds is 9. The Morgan fingerprint density at radius 3 is 2.70 bits per heavy atom. The van der Waals surface area contributed by atoms with Crippen LogP contribution in [0.5, 0.6) is 0 Å². The van der Waals surface area contributed by atoms with E-state index in [1.807, 2.05) is 24.6 Å². The predicted molar refractivity (Wildman–Crippen MR) is 114 cm³/mol. The van der Waals surface area contributed by atoms with Crippen molar-refractivity contribution < 1.29 is 9.26 Å². The summed E-state index contributed by atoms with van der Waals surface area (Å²) in [7, 11) is 3.63. The second-order valence-corrected chi connectivity index (χ2v) is 6.39. The van der Waals surface area contributed by atoms with Crippen molar-refractivity contribution in [3.63, 3.8) is 0 Å². The maximum Gasteiger partial charge on any atom is 0.192 e. The molecule has 2 heterocycles. The average Bonchev–Trinajstić information content (AvgIpc) is 3.22. The van der Waals surface area contributed by atoms with Crippen LogP contribution in [0, 0.1) is 6.92 Å². The summed E-state index contributed by atoms with van der Waals surface area (Å²) in [5.74, 6) is 3.47. The Balaban J connectivity index is 0.00000364. The van der Waals surface area contributed by atoms with E-state index in [0.717, 1.165) is 36.1 Å². The number of aliphatic imine (C=N–C) groups is 1. The lowest BCUT2D eigenvalue weighted by atomic mass is 10.1. The molecule has 0 bridgehead atoms. The van der Waals surface area contributed by atoms with Crippen LogP contribution in [0.4, 0.5) is 0 Å². The monoisotopic (exact) mass is 491 g/mol. The van der Waals surface area contributed by atoms with E-state index in [9.17, 15) is 0 Å². The summed E-state index contributed by atoms with van der Waals surface area (Å²) in [6.07, 6.45) is 0.889. The number of methoxy groups -OCH3 is 1. The first-order valence-corrected chi connectivity index (χ1v) is 8.82. The van der Waals surface area contributed by atoms with E-state index in [4.69, 9.17) is 9.26 Å². The first-order valence-electron chi connectivity index (χ1n) is 8.82. The Kier molecular flexibility index (Phi) is 10.3. The van der Waals surface area contributed by atoms with E-state index in [0.29, 0.717) is 31.6 Å². The highest BCUT2D eigenvalue weighted by Crippen LogP contribution is 2.13. The van der Waals surface area contributed by atoms with Crippen LogP contribution in [0.3, 0.4) is 0 Å². The zero-order valence-electron chi connectivity index (χ0n) is 16.7. The lowest BCUT2D eigenvalue weighted by molar-refractivity contribution is 0.195. The largest absolute Gasteiger partial charge is 0.385 e. The van der Waals surface area contributed by atoms with Gasteiger partial charge in [0.2, 0.25) is 0 Å². The summed E-state index contributed by atoms with van der Waals surface area (Å²) in [5.41, 5.74) is 0.947. The smallest absolute Gasteiger partial charge is 0.192 e. The molecule has 0 saturated carbocycles. The van der Waals surface area contributed by atoms with E-state index >= 15 is 0 Å². The third-order valence-corrected chi connectivity index (χ3v) is 3.98. The number of aryl methyl sites for hydroxylation is 1. The molecule has 0 amide bonds. The van der Waals surface area contributed by atoms with Crippen LogP contribution in [-0.2, 0) is 24.9 Å². The van der Waals surface area contributed by atoms with E-state index in [1.54, 1.807) is 7.11 Å². The van der Waals surface area contributed by atoms with Gasteiger partial charge < -0.3 is 24.5 Å². The quantitative estimate of drug-likeness (QED) is 0.240. The summed E-state index contributed by atoms with van der Waals surface area (Å²) in [6, 6.07) is 1.96. The number of guanidine groups is 1. The van der Waals surface area contributed by atoms with Gasteiger partial charge in [0.15, 0.2) is 17.5 Å². The Hall–Kier alpha value is -1.69. The summed E-state index contributed by atoms with van der Waals surface area (Å²) in [4.78, 5) is 4.59. The molecular formula is C17H30IN7O2. The summed E-state index contributed by atoms with van der Waals surface area (Å²) in [5, 5.41) is 18.8. The molecule has 0 spiro atoms. The number of aromatic nitrogens is 4. The number of hydrogen-bond donors (Lipinski definition) is 2. The van der Waals surface area contributed by atoms with Crippen LogP contribution in [0.25, 0.3) is 0 Å². The van der Waals surface area contributed by atoms with Crippen molar-refractivity contribution >= 4 is 29.9 Å². The lowest BCUT2D eigenvalue weighted by Gasteiger charge is -2.11. The molecule has 2 N–H and O–H groups in total. The molecule has 27 heavy (non-hydrogen) atoms. The third-order valence-electron chi connectivity index (χ3n) is 3.98. The average molecular weight is 491 g/mol. The van der Waals surface area contributed by atoms with Crippen molar-refractivity contribution in [1.82, 2.24) is 30.6 Å². The maximum atomic E-state index is 5.36. The van der Waals surface area contributed by atoms with Gasteiger partial charge in [-0.15, -0.1) is 34.2 Å². The van der Waals surface area contributed by atoms with Crippen LogP contribution in [0.2, 0.25) is 0 Å². The predicted octanol–water partition coefficient (Wildman–Crippen LogP) is 2.12. The molecule has 9 nitrogen and oxygen atoms in total.